The molecular weight excluding hydrogens is 356 g/mol. The normalized spacial score (nSPS) is 11.2. The number of benzene rings is 2. The predicted molar refractivity (Wildman–Crippen MR) is 109 cm³/mol. The lowest BCUT2D eigenvalue weighted by Crippen LogP contribution is -2.39. The Bertz CT molecular complexity index is 1330. The number of aromatic amines is 2. The van der Waals surface area contributed by atoms with Crippen molar-refractivity contribution in [1.29, 1.82) is 0 Å². The van der Waals surface area contributed by atoms with Crippen molar-refractivity contribution in [2.24, 2.45) is 0 Å². The van der Waals surface area contributed by atoms with Crippen LogP contribution in [0.5, 0.6) is 0 Å². The Morgan fingerprint density at radius 3 is 2.64 bits per heavy atom. The molecule has 0 aliphatic rings. The Labute approximate surface area is 160 Å². The first-order valence-corrected chi connectivity index (χ1v) is 9.04. The maximum atomic E-state index is 12.5. The van der Waals surface area contributed by atoms with Crippen LogP contribution in [0.4, 0.5) is 0 Å². The van der Waals surface area contributed by atoms with Gasteiger partial charge in [-0.3, -0.25) is 14.4 Å². The van der Waals surface area contributed by atoms with E-state index in [1.54, 1.807) is 30.3 Å². The highest BCUT2D eigenvalue weighted by atomic mass is 16.2. The lowest BCUT2D eigenvalue weighted by atomic mass is 10.1. The summed E-state index contributed by atoms with van der Waals surface area (Å²) in [4.78, 5) is 42.5. The molecule has 142 valence electrons. The molecule has 2 aromatic heterocycles. The number of aryl methyl sites for hydroxylation is 2. The smallest absolute Gasteiger partial charge is 0.316 e. The topological polar surface area (TPSA) is 99.8 Å². The van der Waals surface area contributed by atoms with Crippen LogP contribution in [0.1, 0.15) is 21.6 Å². The number of carbonyl (C=O) groups excluding carboxylic acids is 1. The molecule has 2 heterocycles. The second kappa shape index (κ2) is 6.84. The van der Waals surface area contributed by atoms with Gasteiger partial charge in [0, 0.05) is 35.2 Å². The van der Waals surface area contributed by atoms with Crippen LogP contribution in [0.25, 0.3) is 21.9 Å². The van der Waals surface area contributed by atoms with Crippen LogP contribution in [-0.4, -0.2) is 27.0 Å². The monoisotopic (exact) mass is 376 g/mol. The first kappa shape index (κ1) is 17.8. The highest BCUT2D eigenvalue weighted by Gasteiger charge is 2.11. The van der Waals surface area contributed by atoms with E-state index in [2.05, 4.69) is 15.3 Å². The molecule has 0 saturated carbocycles. The number of carbonyl (C=O) groups is 1. The van der Waals surface area contributed by atoms with Crippen LogP contribution in [0, 0.1) is 13.8 Å². The fourth-order valence-electron chi connectivity index (χ4n) is 3.43. The van der Waals surface area contributed by atoms with Crippen molar-refractivity contribution in [3.05, 3.63) is 80.0 Å². The number of fused-ring (bicyclic) bond motifs is 2. The van der Waals surface area contributed by atoms with Crippen molar-refractivity contribution in [1.82, 2.24) is 19.9 Å². The molecule has 2 aromatic carbocycles. The van der Waals surface area contributed by atoms with Gasteiger partial charge in [0.05, 0.1) is 11.0 Å². The van der Waals surface area contributed by atoms with Gasteiger partial charge < -0.3 is 19.9 Å². The summed E-state index contributed by atoms with van der Waals surface area (Å²) in [6.45, 7) is 4.45. The van der Waals surface area contributed by atoms with Gasteiger partial charge in [0.25, 0.3) is 5.91 Å². The van der Waals surface area contributed by atoms with E-state index < -0.39 is 11.1 Å². The maximum Gasteiger partial charge on any atom is 0.316 e. The highest BCUT2D eigenvalue weighted by molar-refractivity contribution is 5.99. The molecule has 0 aliphatic heterocycles. The Hall–Kier alpha value is -3.61. The molecule has 4 rings (SSSR count). The summed E-state index contributed by atoms with van der Waals surface area (Å²) in [5.74, 6) is -0.220. The van der Waals surface area contributed by atoms with E-state index in [0.717, 1.165) is 22.2 Å². The molecule has 0 bridgehead atoms. The third kappa shape index (κ3) is 3.00. The zero-order chi connectivity index (χ0) is 19.8. The zero-order valence-electron chi connectivity index (χ0n) is 15.6. The third-order valence-corrected chi connectivity index (χ3v) is 5.07. The molecule has 0 spiro atoms. The van der Waals surface area contributed by atoms with Gasteiger partial charge in [0.2, 0.25) is 0 Å². The Balaban J connectivity index is 1.54. The van der Waals surface area contributed by atoms with E-state index in [0.29, 0.717) is 16.6 Å². The first-order valence-electron chi connectivity index (χ1n) is 9.04. The van der Waals surface area contributed by atoms with Gasteiger partial charge in [-0.15, -0.1) is 0 Å². The molecule has 0 atom stereocenters. The van der Waals surface area contributed by atoms with Crippen molar-refractivity contribution in [2.45, 2.75) is 20.4 Å². The van der Waals surface area contributed by atoms with Crippen LogP contribution >= 0.6 is 0 Å². The van der Waals surface area contributed by atoms with Crippen molar-refractivity contribution < 1.29 is 4.79 Å². The molecule has 0 aliphatic carbocycles. The van der Waals surface area contributed by atoms with Gasteiger partial charge in [-0.1, -0.05) is 12.1 Å². The van der Waals surface area contributed by atoms with E-state index in [-0.39, 0.29) is 19.0 Å². The summed E-state index contributed by atoms with van der Waals surface area (Å²) in [5.41, 5.74) is 3.65. The van der Waals surface area contributed by atoms with Crippen molar-refractivity contribution in [3.8, 4) is 0 Å². The fourth-order valence-corrected chi connectivity index (χ4v) is 3.43. The van der Waals surface area contributed by atoms with Crippen LogP contribution in [0.15, 0.2) is 52.1 Å². The number of aromatic nitrogens is 3. The summed E-state index contributed by atoms with van der Waals surface area (Å²) in [7, 11) is 0. The first-order chi connectivity index (χ1) is 13.5. The minimum atomic E-state index is -0.672. The molecule has 28 heavy (non-hydrogen) atoms. The summed E-state index contributed by atoms with van der Waals surface area (Å²) in [6.07, 6.45) is 0. The van der Waals surface area contributed by atoms with Gasteiger partial charge in [0.15, 0.2) is 0 Å². The van der Waals surface area contributed by atoms with Gasteiger partial charge in [-0.05, 0) is 49.7 Å². The summed E-state index contributed by atoms with van der Waals surface area (Å²) < 4.78 is 1.39. The molecule has 0 radical (unpaired) electrons. The minimum absolute atomic E-state index is 0.208. The molecule has 0 unspecified atom stereocenters. The van der Waals surface area contributed by atoms with E-state index in [9.17, 15) is 14.4 Å². The second-order valence-electron chi connectivity index (χ2n) is 6.82. The summed E-state index contributed by atoms with van der Waals surface area (Å²) in [5, 5.41) is 3.84. The quantitative estimate of drug-likeness (QED) is 0.476. The molecule has 0 fully saturated rings. The summed E-state index contributed by atoms with van der Waals surface area (Å²) in [6, 6.07) is 12.6. The van der Waals surface area contributed by atoms with E-state index >= 15 is 0 Å². The average molecular weight is 376 g/mol. The molecular formula is C21H20N4O3. The van der Waals surface area contributed by atoms with Crippen molar-refractivity contribution >= 4 is 27.8 Å². The van der Waals surface area contributed by atoms with Crippen LogP contribution in [0.3, 0.4) is 0 Å². The second-order valence-corrected chi connectivity index (χ2v) is 6.82. The average Bonchev–Trinajstić information content (AvgIpc) is 2.98. The number of rotatable bonds is 4. The van der Waals surface area contributed by atoms with Crippen LogP contribution in [0.2, 0.25) is 0 Å². The SMILES string of the molecule is Cc1[nH]c2ccc(C(=O)NCCn3c(=O)c(=O)[nH]c4ccccc43)cc2c1C. The molecule has 7 heteroatoms. The van der Waals surface area contributed by atoms with Crippen LogP contribution < -0.4 is 16.4 Å². The third-order valence-electron chi connectivity index (χ3n) is 5.07. The lowest BCUT2D eigenvalue weighted by Gasteiger charge is -2.10. The Kier molecular flexibility index (Phi) is 4.35. The fraction of sp³-hybridized carbons (Fsp3) is 0.190. The molecule has 0 saturated heterocycles. The van der Waals surface area contributed by atoms with Gasteiger partial charge in [0.1, 0.15) is 0 Å². The lowest BCUT2D eigenvalue weighted by molar-refractivity contribution is 0.0952. The van der Waals surface area contributed by atoms with Crippen molar-refractivity contribution in [2.75, 3.05) is 6.54 Å². The van der Waals surface area contributed by atoms with Gasteiger partial charge in [-0.25, -0.2) is 0 Å². The number of para-hydroxylation sites is 2. The molecule has 7 nitrogen and oxygen atoms in total. The summed E-state index contributed by atoms with van der Waals surface area (Å²) >= 11 is 0. The van der Waals surface area contributed by atoms with Gasteiger partial charge in [-0.2, -0.15) is 0 Å². The van der Waals surface area contributed by atoms with Crippen molar-refractivity contribution in [3.63, 3.8) is 0 Å². The number of nitrogens with one attached hydrogen (secondary N) is 3. The highest BCUT2D eigenvalue weighted by Crippen LogP contribution is 2.22. The molecule has 4 aromatic rings. The number of nitrogens with zero attached hydrogens (tertiary/aromatic N) is 1. The Morgan fingerprint density at radius 1 is 1.04 bits per heavy atom. The van der Waals surface area contributed by atoms with E-state index in [1.807, 2.05) is 26.0 Å². The number of amides is 1. The standard InChI is InChI=1S/C21H20N4O3/c1-12-13(2)23-16-8-7-14(11-15(12)16)19(26)22-9-10-25-18-6-4-3-5-17(18)24-20(27)21(25)28/h3-8,11,23H,9-10H2,1-2H3,(H,22,26)(H,24,27). The zero-order valence-corrected chi connectivity index (χ0v) is 15.6. The number of hydrogen-bond acceptors (Lipinski definition) is 3. The largest absolute Gasteiger partial charge is 0.358 e. The minimum Gasteiger partial charge on any atom is -0.358 e. The van der Waals surface area contributed by atoms with Gasteiger partial charge >= 0.3 is 11.1 Å². The van der Waals surface area contributed by atoms with E-state index in [4.69, 9.17) is 0 Å². The Morgan fingerprint density at radius 2 is 1.82 bits per heavy atom. The van der Waals surface area contributed by atoms with E-state index in [1.165, 1.54) is 4.57 Å². The molecule has 1 amide bonds. The van der Waals surface area contributed by atoms with Crippen LogP contribution in [-0.2, 0) is 6.54 Å². The number of H-pyrrole nitrogens is 2. The molecule has 3 N–H and O–H groups in total. The maximum absolute atomic E-state index is 12.5. The number of hydrogen-bond donors (Lipinski definition) is 3. The predicted octanol–water partition coefficient (Wildman–Crippen LogP) is 2.22.